The number of hydrogen-bond donors (Lipinski definition) is 0. The molecule has 1 aromatic rings. The Morgan fingerprint density at radius 1 is 0.750 bits per heavy atom. The summed E-state index contributed by atoms with van der Waals surface area (Å²) in [5, 5.41) is 0. The van der Waals surface area contributed by atoms with Crippen LogP contribution in [0.5, 0.6) is 11.5 Å². The number of benzene rings is 1. The second-order valence-electron chi connectivity index (χ2n) is 7.49. The number of hydrogen-bond acceptors (Lipinski definition) is 4. The molecule has 0 aromatic heterocycles. The summed E-state index contributed by atoms with van der Waals surface area (Å²) in [5.41, 5.74) is 0. The Morgan fingerprint density at radius 2 is 1.25 bits per heavy atom. The van der Waals surface area contributed by atoms with Crippen molar-refractivity contribution < 1.29 is 19.1 Å². The van der Waals surface area contributed by atoms with Crippen molar-refractivity contribution in [3.05, 3.63) is 24.3 Å². The molecule has 0 bridgehead atoms. The van der Waals surface area contributed by atoms with Crippen molar-refractivity contribution in [1.29, 1.82) is 0 Å². The Bertz CT molecular complexity index is 563. The average molecular weight is 391 g/mol. The van der Waals surface area contributed by atoms with Gasteiger partial charge in [0.1, 0.15) is 0 Å². The van der Waals surface area contributed by atoms with Crippen molar-refractivity contribution in [2.45, 2.75) is 97.8 Å². The van der Waals surface area contributed by atoms with Crippen LogP contribution in [-0.4, -0.2) is 11.9 Å². The fourth-order valence-corrected chi connectivity index (χ4v) is 3.24. The first-order valence-corrected chi connectivity index (χ1v) is 11.1. The van der Waals surface area contributed by atoms with Crippen LogP contribution in [0.1, 0.15) is 97.8 Å². The molecule has 0 amide bonds. The Kier molecular flexibility index (Phi) is 13.1. The largest absolute Gasteiger partial charge is 0.423 e. The summed E-state index contributed by atoms with van der Waals surface area (Å²) in [4.78, 5) is 24.1. The lowest BCUT2D eigenvalue weighted by molar-refractivity contribution is -0.137. The van der Waals surface area contributed by atoms with Crippen LogP contribution in [0.15, 0.2) is 24.3 Å². The lowest BCUT2D eigenvalue weighted by atomic mass is 9.96. The highest BCUT2D eigenvalue weighted by molar-refractivity contribution is 5.76. The smallest absolute Gasteiger partial charge is 0.311 e. The van der Waals surface area contributed by atoms with Crippen molar-refractivity contribution in [2.75, 3.05) is 0 Å². The number of para-hydroxylation sites is 2. The van der Waals surface area contributed by atoms with Gasteiger partial charge in [0, 0.05) is 12.8 Å². The minimum Gasteiger partial charge on any atom is -0.423 e. The maximum atomic E-state index is 12.1. The third-order valence-corrected chi connectivity index (χ3v) is 5.18. The van der Waals surface area contributed by atoms with Gasteiger partial charge in [-0.1, -0.05) is 84.3 Å². The first-order chi connectivity index (χ1) is 13.6. The Balaban J connectivity index is 2.37. The van der Waals surface area contributed by atoms with Crippen molar-refractivity contribution in [3.63, 3.8) is 0 Å². The molecule has 1 rings (SSSR count). The summed E-state index contributed by atoms with van der Waals surface area (Å²) in [7, 11) is 0. The molecule has 0 fully saturated rings. The van der Waals surface area contributed by atoms with E-state index in [0.29, 0.717) is 24.3 Å². The lowest BCUT2D eigenvalue weighted by Crippen LogP contribution is -2.12. The molecule has 0 unspecified atom stereocenters. The number of rotatable bonds is 15. The predicted molar refractivity (Wildman–Crippen MR) is 114 cm³/mol. The molecule has 158 valence electrons. The molecule has 0 saturated heterocycles. The maximum Gasteiger partial charge on any atom is 0.311 e. The van der Waals surface area contributed by atoms with Crippen molar-refractivity contribution >= 4 is 11.9 Å². The molecule has 0 N–H and O–H groups in total. The topological polar surface area (TPSA) is 52.6 Å². The summed E-state index contributed by atoms with van der Waals surface area (Å²) in [6.07, 6.45) is 11.6. The van der Waals surface area contributed by atoms with Gasteiger partial charge in [0.05, 0.1) is 0 Å². The zero-order valence-corrected chi connectivity index (χ0v) is 18.0. The van der Waals surface area contributed by atoms with Gasteiger partial charge in [-0.25, -0.2) is 0 Å². The summed E-state index contributed by atoms with van der Waals surface area (Å²) in [6.45, 7) is 6.61. The Morgan fingerprint density at radius 3 is 1.71 bits per heavy atom. The van der Waals surface area contributed by atoms with E-state index in [1.165, 1.54) is 19.3 Å². The highest BCUT2D eigenvalue weighted by Crippen LogP contribution is 2.27. The van der Waals surface area contributed by atoms with Crippen LogP contribution < -0.4 is 9.47 Å². The second kappa shape index (κ2) is 15.1. The number of ether oxygens (including phenoxy) is 2. The molecule has 0 aliphatic rings. The van der Waals surface area contributed by atoms with E-state index in [1.54, 1.807) is 24.3 Å². The van der Waals surface area contributed by atoms with Crippen LogP contribution >= 0.6 is 0 Å². The van der Waals surface area contributed by atoms with E-state index < -0.39 is 0 Å². The number of carbonyl (C=O) groups excluding carboxylic acids is 2. The fourth-order valence-electron chi connectivity index (χ4n) is 3.24. The minimum absolute atomic E-state index is 0.269. The van der Waals surface area contributed by atoms with Crippen molar-refractivity contribution in [1.82, 2.24) is 0 Å². The van der Waals surface area contributed by atoms with E-state index in [0.717, 1.165) is 50.9 Å². The number of esters is 2. The van der Waals surface area contributed by atoms with Gasteiger partial charge in [-0.05, 0) is 30.9 Å². The van der Waals surface area contributed by atoms with Gasteiger partial charge in [-0.3, -0.25) is 9.59 Å². The van der Waals surface area contributed by atoms with E-state index in [4.69, 9.17) is 9.47 Å². The van der Waals surface area contributed by atoms with Gasteiger partial charge in [0.15, 0.2) is 11.5 Å². The van der Waals surface area contributed by atoms with Gasteiger partial charge in [0.2, 0.25) is 0 Å². The van der Waals surface area contributed by atoms with E-state index >= 15 is 0 Å². The van der Waals surface area contributed by atoms with Gasteiger partial charge < -0.3 is 9.47 Å². The van der Waals surface area contributed by atoms with Crippen LogP contribution in [0.2, 0.25) is 0 Å². The highest BCUT2D eigenvalue weighted by Gasteiger charge is 2.13. The normalized spacial score (nSPS) is 10.9. The van der Waals surface area contributed by atoms with Crippen LogP contribution in [-0.2, 0) is 9.59 Å². The summed E-state index contributed by atoms with van der Waals surface area (Å²) >= 11 is 0. The van der Waals surface area contributed by atoms with E-state index in [-0.39, 0.29) is 11.9 Å². The number of carbonyl (C=O) groups is 2. The first-order valence-electron chi connectivity index (χ1n) is 11.1. The Hall–Kier alpha value is -1.84. The van der Waals surface area contributed by atoms with Crippen LogP contribution in [0.4, 0.5) is 0 Å². The predicted octanol–water partition coefficient (Wildman–Crippen LogP) is 6.85. The minimum atomic E-state index is -0.277. The second-order valence-corrected chi connectivity index (χ2v) is 7.49. The molecule has 4 nitrogen and oxygen atoms in total. The first kappa shape index (κ1) is 24.2. The molecule has 4 heteroatoms. The van der Waals surface area contributed by atoms with Crippen LogP contribution in [0, 0.1) is 5.92 Å². The summed E-state index contributed by atoms with van der Waals surface area (Å²) in [6, 6.07) is 6.89. The average Bonchev–Trinajstić information content (AvgIpc) is 2.69. The molecule has 0 radical (unpaired) electrons. The molecule has 0 spiro atoms. The molecular weight excluding hydrogens is 352 g/mol. The molecule has 28 heavy (non-hydrogen) atoms. The van der Waals surface area contributed by atoms with Crippen molar-refractivity contribution in [2.24, 2.45) is 5.92 Å². The Labute approximate surface area is 171 Å². The maximum absolute atomic E-state index is 12.1. The van der Waals surface area contributed by atoms with E-state index in [1.807, 2.05) is 0 Å². The number of unbranched alkanes of at least 4 members (excludes halogenated alkanes) is 5. The zero-order chi connectivity index (χ0) is 20.6. The third-order valence-electron chi connectivity index (χ3n) is 5.18. The summed E-state index contributed by atoms with van der Waals surface area (Å²) in [5.74, 6) is 0.905. The van der Waals surface area contributed by atoms with E-state index in [9.17, 15) is 9.59 Å². The van der Waals surface area contributed by atoms with Gasteiger partial charge >= 0.3 is 11.9 Å². The van der Waals surface area contributed by atoms with Crippen molar-refractivity contribution in [3.8, 4) is 11.5 Å². The zero-order valence-electron chi connectivity index (χ0n) is 18.0. The van der Waals surface area contributed by atoms with E-state index in [2.05, 4.69) is 20.8 Å². The third kappa shape index (κ3) is 10.5. The molecule has 0 atom stereocenters. The molecule has 0 aliphatic carbocycles. The molecule has 0 saturated carbocycles. The highest BCUT2D eigenvalue weighted by atomic mass is 16.6. The monoisotopic (exact) mass is 390 g/mol. The lowest BCUT2D eigenvalue weighted by Gasteiger charge is -2.12. The molecule has 1 aromatic carbocycles. The summed E-state index contributed by atoms with van der Waals surface area (Å²) < 4.78 is 10.8. The van der Waals surface area contributed by atoms with Crippen LogP contribution in [0.3, 0.4) is 0 Å². The fraction of sp³-hybridized carbons (Fsp3) is 0.667. The van der Waals surface area contributed by atoms with Crippen LogP contribution in [0.25, 0.3) is 0 Å². The quantitative estimate of drug-likeness (QED) is 0.187. The standard InChI is InChI=1S/C24H38O4/c1-4-7-8-11-18-23(25)27-21-16-13-14-17-22(21)28-24(26)19-12-9-10-15-20(5-2)6-3/h13-14,16-17,20H,4-12,15,18-19H2,1-3H3. The SMILES string of the molecule is CCCCCCC(=O)Oc1ccccc1OC(=O)CCCCCC(CC)CC. The van der Waals surface area contributed by atoms with Gasteiger partial charge in [-0.2, -0.15) is 0 Å². The van der Waals surface area contributed by atoms with Gasteiger partial charge in [-0.15, -0.1) is 0 Å². The van der Waals surface area contributed by atoms with Gasteiger partial charge in [0.25, 0.3) is 0 Å². The molecule has 0 aliphatic heterocycles. The molecular formula is C24H38O4. The molecule has 0 heterocycles.